The standard InChI is InChI=1S/C14H14Cl2N6OS/c1-2-11(22-13(18)20-21-14(22)24-4-3-17)12(23)19-10-6-8(15)5-9(16)7-10/h5-7,11H,2,4H2,1H3,(H2,18,20)(H,19,23). The number of thioether (sulfide) groups is 1. The third-order valence-corrected chi connectivity index (χ3v) is 4.33. The summed E-state index contributed by atoms with van der Waals surface area (Å²) in [5, 5.41) is 20.4. The number of nitrogen functional groups attached to an aromatic ring is 1. The molecule has 2 rings (SSSR count). The van der Waals surface area contributed by atoms with Crippen molar-refractivity contribution in [3.05, 3.63) is 28.2 Å². The van der Waals surface area contributed by atoms with Crippen molar-refractivity contribution in [1.29, 1.82) is 5.26 Å². The van der Waals surface area contributed by atoms with Crippen molar-refractivity contribution in [2.24, 2.45) is 0 Å². The van der Waals surface area contributed by atoms with Gasteiger partial charge in [0.1, 0.15) is 6.04 Å². The molecule has 0 aliphatic heterocycles. The lowest BCUT2D eigenvalue weighted by molar-refractivity contribution is -0.119. The van der Waals surface area contributed by atoms with Crippen molar-refractivity contribution in [2.45, 2.75) is 24.5 Å². The number of aromatic nitrogens is 3. The van der Waals surface area contributed by atoms with Gasteiger partial charge in [-0.2, -0.15) is 5.26 Å². The fraction of sp³-hybridized carbons (Fsp3) is 0.286. The average molecular weight is 385 g/mol. The van der Waals surface area contributed by atoms with Gasteiger partial charge in [0.05, 0.1) is 11.8 Å². The molecule has 1 aromatic carbocycles. The lowest BCUT2D eigenvalue weighted by Crippen LogP contribution is -2.27. The van der Waals surface area contributed by atoms with Gasteiger partial charge in [-0.1, -0.05) is 41.9 Å². The number of hydrogen-bond donors (Lipinski definition) is 2. The molecule has 0 saturated carbocycles. The molecular formula is C14H14Cl2N6OS. The van der Waals surface area contributed by atoms with E-state index < -0.39 is 6.04 Å². The van der Waals surface area contributed by atoms with Crippen LogP contribution in [0.1, 0.15) is 19.4 Å². The molecule has 1 heterocycles. The second-order valence-electron chi connectivity index (χ2n) is 4.73. The van der Waals surface area contributed by atoms with Gasteiger partial charge in [0.25, 0.3) is 0 Å². The Morgan fingerprint density at radius 1 is 1.42 bits per heavy atom. The first kappa shape index (κ1) is 18.4. The van der Waals surface area contributed by atoms with Crippen LogP contribution in [0.3, 0.4) is 0 Å². The van der Waals surface area contributed by atoms with Crippen LogP contribution in [0.15, 0.2) is 23.4 Å². The molecule has 0 aliphatic rings. The summed E-state index contributed by atoms with van der Waals surface area (Å²) in [6.07, 6.45) is 0.461. The first-order valence-corrected chi connectivity index (χ1v) is 8.67. The SMILES string of the molecule is CCC(C(=O)Nc1cc(Cl)cc(Cl)c1)n1c(N)nnc1SCC#N. The maximum absolute atomic E-state index is 12.6. The highest BCUT2D eigenvalue weighted by atomic mass is 35.5. The summed E-state index contributed by atoms with van der Waals surface area (Å²) in [5.74, 6) is -0.0113. The zero-order valence-electron chi connectivity index (χ0n) is 12.7. The number of rotatable bonds is 6. The van der Waals surface area contributed by atoms with Crippen LogP contribution in [-0.2, 0) is 4.79 Å². The maximum atomic E-state index is 12.6. The largest absolute Gasteiger partial charge is 0.368 e. The summed E-state index contributed by atoms with van der Waals surface area (Å²) in [5.41, 5.74) is 6.32. The summed E-state index contributed by atoms with van der Waals surface area (Å²) in [6.45, 7) is 1.84. The number of amides is 1. The summed E-state index contributed by atoms with van der Waals surface area (Å²) in [7, 11) is 0. The molecule has 0 bridgehead atoms. The third kappa shape index (κ3) is 4.32. The molecule has 10 heteroatoms. The van der Waals surface area contributed by atoms with Crippen molar-refractivity contribution in [3.8, 4) is 6.07 Å². The smallest absolute Gasteiger partial charge is 0.247 e. The minimum atomic E-state index is -0.626. The molecule has 24 heavy (non-hydrogen) atoms. The molecule has 1 amide bonds. The van der Waals surface area contributed by atoms with Crippen molar-refractivity contribution >= 4 is 52.5 Å². The van der Waals surface area contributed by atoms with Crippen LogP contribution in [0.25, 0.3) is 0 Å². The van der Waals surface area contributed by atoms with Crippen LogP contribution >= 0.6 is 35.0 Å². The van der Waals surface area contributed by atoms with Gasteiger partial charge in [0, 0.05) is 15.7 Å². The van der Waals surface area contributed by atoms with Gasteiger partial charge < -0.3 is 11.1 Å². The summed E-state index contributed by atoms with van der Waals surface area (Å²) >= 11 is 13.0. The Bertz CT molecular complexity index is 768. The van der Waals surface area contributed by atoms with Crippen LogP contribution in [0, 0.1) is 11.3 Å². The minimum absolute atomic E-state index is 0.113. The molecule has 1 unspecified atom stereocenters. The third-order valence-electron chi connectivity index (χ3n) is 3.09. The van der Waals surface area contributed by atoms with Crippen LogP contribution in [0.5, 0.6) is 0 Å². The van der Waals surface area contributed by atoms with E-state index in [2.05, 4.69) is 15.5 Å². The Hall–Kier alpha value is -1.95. The monoisotopic (exact) mass is 384 g/mol. The Kier molecular flexibility index (Phi) is 6.31. The van der Waals surface area contributed by atoms with Crippen LogP contribution in [0.4, 0.5) is 11.6 Å². The summed E-state index contributed by atoms with van der Waals surface area (Å²) in [6, 6.07) is 6.14. The Labute approximate surface area is 153 Å². The van der Waals surface area contributed by atoms with E-state index in [0.29, 0.717) is 27.3 Å². The van der Waals surface area contributed by atoms with Gasteiger partial charge in [-0.3, -0.25) is 9.36 Å². The second kappa shape index (κ2) is 8.24. The lowest BCUT2D eigenvalue weighted by Gasteiger charge is -2.19. The van der Waals surface area contributed by atoms with Gasteiger partial charge in [0.2, 0.25) is 11.9 Å². The lowest BCUT2D eigenvalue weighted by atomic mass is 10.2. The summed E-state index contributed by atoms with van der Waals surface area (Å²) in [4.78, 5) is 12.6. The van der Waals surface area contributed by atoms with E-state index in [-0.39, 0.29) is 17.6 Å². The Morgan fingerprint density at radius 2 is 2.08 bits per heavy atom. The number of benzene rings is 1. The zero-order chi connectivity index (χ0) is 17.7. The first-order chi connectivity index (χ1) is 11.5. The molecule has 1 aromatic heterocycles. The molecular weight excluding hydrogens is 371 g/mol. The molecule has 126 valence electrons. The normalized spacial score (nSPS) is 11.8. The van der Waals surface area contributed by atoms with E-state index in [0.717, 1.165) is 0 Å². The molecule has 7 nitrogen and oxygen atoms in total. The molecule has 0 saturated heterocycles. The Morgan fingerprint density at radius 3 is 2.67 bits per heavy atom. The predicted octanol–water partition coefficient (Wildman–Crippen LogP) is 3.37. The highest BCUT2D eigenvalue weighted by Gasteiger charge is 2.25. The van der Waals surface area contributed by atoms with Crippen LogP contribution in [0.2, 0.25) is 10.0 Å². The van der Waals surface area contributed by atoms with E-state index in [4.69, 9.17) is 34.2 Å². The highest BCUT2D eigenvalue weighted by molar-refractivity contribution is 7.99. The van der Waals surface area contributed by atoms with E-state index in [1.54, 1.807) is 18.2 Å². The van der Waals surface area contributed by atoms with Gasteiger partial charge >= 0.3 is 0 Å². The first-order valence-electron chi connectivity index (χ1n) is 6.93. The number of anilines is 2. The van der Waals surface area contributed by atoms with Crippen molar-refractivity contribution < 1.29 is 4.79 Å². The number of carbonyl (C=O) groups is 1. The molecule has 2 aromatic rings. The molecule has 0 radical (unpaired) electrons. The van der Waals surface area contributed by atoms with E-state index in [1.807, 2.05) is 13.0 Å². The summed E-state index contributed by atoms with van der Waals surface area (Å²) < 4.78 is 1.52. The van der Waals surface area contributed by atoms with E-state index in [1.165, 1.54) is 16.3 Å². The number of nitrogens with two attached hydrogens (primary N) is 1. The second-order valence-corrected chi connectivity index (χ2v) is 6.54. The average Bonchev–Trinajstić information content (AvgIpc) is 2.86. The van der Waals surface area contributed by atoms with Gasteiger partial charge in [0.15, 0.2) is 5.16 Å². The van der Waals surface area contributed by atoms with Crippen LogP contribution in [-0.4, -0.2) is 26.4 Å². The minimum Gasteiger partial charge on any atom is -0.368 e. The number of nitriles is 1. The quantitative estimate of drug-likeness (QED) is 0.738. The Balaban J connectivity index is 2.26. The molecule has 0 fully saturated rings. The van der Waals surface area contributed by atoms with Gasteiger partial charge in [-0.05, 0) is 24.6 Å². The van der Waals surface area contributed by atoms with Crippen molar-refractivity contribution in [2.75, 3.05) is 16.8 Å². The molecule has 1 atom stereocenters. The zero-order valence-corrected chi connectivity index (χ0v) is 15.0. The molecule has 0 aliphatic carbocycles. The number of hydrogen-bond acceptors (Lipinski definition) is 6. The fourth-order valence-electron chi connectivity index (χ4n) is 2.11. The van der Waals surface area contributed by atoms with Gasteiger partial charge in [-0.25, -0.2) is 0 Å². The van der Waals surface area contributed by atoms with E-state index in [9.17, 15) is 4.79 Å². The fourth-order valence-corrected chi connectivity index (χ4v) is 3.29. The number of nitrogens with one attached hydrogen (secondary N) is 1. The van der Waals surface area contributed by atoms with E-state index >= 15 is 0 Å². The molecule has 3 N–H and O–H groups in total. The highest BCUT2D eigenvalue weighted by Crippen LogP contribution is 2.27. The van der Waals surface area contributed by atoms with Crippen molar-refractivity contribution in [1.82, 2.24) is 14.8 Å². The number of nitrogens with zero attached hydrogens (tertiary/aromatic N) is 4. The van der Waals surface area contributed by atoms with Crippen molar-refractivity contribution in [3.63, 3.8) is 0 Å². The molecule has 0 spiro atoms. The topological polar surface area (TPSA) is 110 Å². The predicted molar refractivity (Wildman–Crippen MR) is 95.2 cm³/mol. The van der Waals surface area contributed by atoms with Crippen LogP contribution < -0.4 is 11.1 Å². The number of halogens is 2. The van der Waals surface area contributed by atoms with Gasteiger partial charge in [-0.15, -0.1) is 10.2 Å². The number of carbonyl (C=O) groups excluding carboxylic acids is 1. The maximum Gasteiger partial charge on any atom is 0.247 e.